The van der Waals surface area contributed by atoms with Crippen molar-refractivity contribution in [1.82, 2.24) is 8.61 Å². The van der Waals surface area contributed by atoms with E-state index >= 15 is 0 Å². The van der Waals surface area contributed by atoms with Crippen molar-refractivity contribution in [3.8, 4) is 11.5 Å². The standard InChI is InChI=1S/C42H60N2O10S2/c1-29(2)23-39(41(45)53-27-31(5)6)43(55(47,48)37-19-15-35(51-9)16-20-37)25-33-13-11-12-14-34(33)26-44(40(24-30(3)4)42(46)54-28-32(7)8)56(49,50)38-21-17-36(52-10)18-22-38/h11-22,29-32,39-40H,23-28H2,1-10H3/t39-,40+. The van der Waals surface area contributed by atoms with Crippen molar-refractivity contribution in [3.05, 3.63) is 83.9 Å². The van der Waals surface area contributed by atoms with Crippen LogP contribution >= 0.6 is 0 Å². The second kappa shape index (κ2) is 21.0. The van der Waals surface area contributed by atoms with Gasteiger partial charge in [-0.3, -0.25) is 9.59 Å². The number of hydrogen-bond acceptors (Lipinski definition) is 10. The van der Waals surface area contributed by atoms with Crippen molar-refractivity contribution in [2.45, 2.75) is 103 Å². The van der Waals surface area contributed by atoms with E-state index in [1.165, 1.54) is 62.8 Å². The monoisotopic (exact) mass is 816 g/mol. The largest absolute Gasteiger partial charge is 0.497 e. The molecule has 3 aromatic carbocycles. The summed E-state index contributed by atoms with van der Waals surface area (Å²) < 4.78 is 82.9. The van der Waals surface area contributed by atoms with E-state index in [4.69, 9.17) is 18.9 Å². The van der Waals surface area contributed by atoms with E-state index in [2.05, 4.69) is 0 Å². The predicted molar refractivity (Wildman–Crippen MR) is 216 cm³/mol. The maximum atomic E-state index is 14.7. The number of benzene rings is 3. The molecule has 0 unspecified atom stereocenters. The first-order valence-electron chi connectivity index (χ1n) is 19.0. The number of sulfonamides is 2. The summed E-state index contributed by atoms with van der Waals surface area (Å²) in [5.74, 6) is -0.644. The Balaban J connectivity index is 2.26. The number of methoxy groups -OCH3 is 2. The van der Waals surface area contributed by atoms with Crippen LogP contribution in [0.5, 0.6) is 11.5 Å². The van der Waals surface area contributed by atoms with Crippen molar-refractivity contribution in [1.29, 1.82) is 0 Å². The summed E-state index contributed by atoms with van der Waals surface area (Å²) in [7, 11) is -5.80. The van der Waals surface area contributed by atoms with Gasteiger partial charge in [-0.2, -0.15) is 8.61 Å². The van der Waals surface area contributed by atoms with Crippen LogP contribution in [0, 0.1) is 23.7 Å². The molecule has 0 amide bonds. The lowest BCUT2D eigenvalue weighted by molar-refractivity contribution is -0.151. The molecule has 0 heterocycles. The Labute approximate surface area is 334 Å². The van der Waals surface area contributed by atoms with Gasteiger partial charge in [-0.1, -0.05) is 79.7 Å². The first kappa shape index (κ1) is 46.4. The van der Waals surface area contributed by atoms with Crippen LogP contribution in [0.15, 0.2) is 82.6 Å². The van der Waals surface area contributed by atoms with E-state index in [0.29, 0.717) is 22.6 Å². The molecule has 12 nitrogen and oxygen atoms in total. The summed E-state index contributed by atoms with van der Waals surface area (Å²) in [4.78, 5) is 27.6. The maximum absolute atomic E-state index is 14.7. The number of hydrogen-bond donors (Lipinski definition) is 0. The van der Waals surface area contributed by atoms with Gasteiger partial charge in [-0.05, 0) is 96.2 Å². The van der Waals surface area contributed by atoms with Gasteiger partial charge in [0, 0.05) is 13.1 Å². The molecule has 0 saturated carbocycles. The highest BCUT2D eigenvalue weighted by molar-refractivity contribution is 7.89. The summed E-state index contributed by atoms with van der Waals surface area (Å²) in [5, 5.41) is 0. The maximum Gasteiger partial charge on any atom is 0.324 e. The number of nitrogens with zero attached hydrogens (tertiary/aromatic N) is 2. The smallest absolute Gasteiger partial charge is 0.324 e. The summed E-state index contributed by atoms with van der Waals surface area (Å²) in [6.07, 6.45) is 0.315. The molecular weight excluding hydrogens is 757 g/mol. The number of rotatable bonds is 22. The zero-order chi connectivity index (χ0) is 41.8. The first-order valence-corrected chi connectivity index (χ1v) is 21.9. The molecule has 0 aliphatic rings. The fourth-order valence-corrected chi connectivity index (χ4v) is 9.07. The van der Waals surface area contributed by atoms with Crippen LogP contribution in [0.4, 0.5) is 0 Å². The summed E-state index contributed by atoms with van der Waals surface area (Å²) in [5.41, 5.74) is 0.868. The molecule has 3 aromatic rings. The van der Waals surface area contributed by atoms with Gasteiger partial charge in [-0.15, -0.1) is 0 Å². The highest BCUT2D eigenvalue weighted by Gasteiger charge is 2.40. The number of carbonyl (C=O) groups excluding carboxylic acids is 2. The lowest BCUT2D eigenvalue weighted by Crippen LogP contribution is -2.47. The van der Waals surface area contributed by atoms with E-state index in [1.54, 1.807) is 24.3 Å². The SMILES string of the molecule is COc1ccc(S(=O)(=O)N(Cc2ccccc2CN([C@@H](CC(C)C)C(=O)OCC(C)C)S(=O)(=O)c2ccc(OC)cc2)[C@H](CC(C)C)C(=O)OCC(C)C)cc1. The van der Waals surface area contributed by atoms with E-state index in [-0.39, 0.29) is 72.6 Å². The van der Waals surface area contributed by atoms with E-state index in [1.807, 2.05) is 55.4 Å². The third-order valence-electron chi connectivity index (χ3n) is 8.85. The highest BCUT2D eigenvalue weighted by atomic mass is 32.2. The van der Waals surface area contributed by atoms with Crippen molar-refractivity contribution < 1.29 is 45.4 Å². The molecule has 0 aliphatic carbocycles. The van der Waals surface area contributed by atoms with Crippen LogP contribution in [-0.2, 0) is 52.2 Å². The van der Waals surface area contributed by atoms with E-state index < -0.39 is 44.1 Å². The van der Waals surface area contributed by atoms with Crippen LogP contribution in [0.2, 0.25) is 0 Å². The van der Waals surface area contributed by atoms with Gasteiger partial charge < -0.3 is 18.9 Å². The van der Waals surface area contributed by atoms with Crippen LogP contribution in [0.3, 0.4) is 0 Å². The average molecular weight is 817 g/mol. The fourth-order valence-electron chi connectivity index (χ4n) is 5.94. The van der Waals surface area contributed by atoms with Crippen molar-refractivity contribution in [2.75, 3.05) is 27.4 Å². The minimum Gasteiger partial charge on any atom is -0.497 e. The molecule has 0 fully saturated rings. The quantitative estimate of drug-likeness (QED) is 0.0947. The number of carbonyl (C=O) groups is 2. The van der Waals surface area contributed by atoms with Gasteiger partial charge in [0.1, 0.15) is 23.6 Å². The Morgan fingerprint density at radius 3 is 1.11 bits per heavy atom. The number of ether oxygens (including phenoxy) is 4. The molecule has 14 heteroatoms. The lowest BCUT2D eigenvalue weighted by atomic mass is 10.0. The topological polar surface area (TPSA) is 146 Å². The minimum atomic E-state index is -4.38. The molecule has 0 aromatic heterocycles. The summed E-state index contributed by atoms with van der Waals surface area (Å²) in [6, 6.07) is 16.2. The predicted octanol–water partition coefficient (Wildman–Crippen LogP) is 7.31. The Bertz CT molecular complexity index is 1790. The van der Waals surface area contributed by atoms with Gasteiger partial charge in [0.05, 0.1) is 37.2 Å². The van der Waals surface area contributed by atoms with Gasteiger partial charge in [-0.25, -0.2) is 16.8 Å². The van der Waals surface area contributed by atoms with Gasteiger partial charge in [0.2, 0.25) is 20.0 Å². The highest BCUT2D eigenvalue weighted by Crippen LogP contribution is 2.31. The van der Waals surface area contributed by atoms with Crippen LogP contribution < -0.4 is 9.47 Å². The molecule has 56 heavy (non-hydrogen) atoms. The molecule has 0 saturated heterocycles. The Kier molecular flexibility index (Phi) is 17.4. The third kappa shape index (κ3) is 12.8. The summed E-state index contributed by atoms with van der Waals surface area (Å²) >= 11 is 0. The first-order chi connectivity index (χ1) is 26.3. The van der Waals surface area contributed by atoms with E-state index in [0.717, 1.165) is 8.61 Å². The fraction of sp³-hybridized carbons (Fsp3) is 0.524. The second-order valence-electron chi connectivity index (χ2n) is 15.6. The molecule has 0 radical (unpaired) electrons. The van der Waals surface area contributed by atoms with Crippen LogP contribution in [0.1, 0.15) is 79.4 Å². The van der Waals surface area contributed by atoms with Crippen molar-refractivity contribution >= 4 is 32.0 Å². The van der Waals surface area contributed by atoms with Gasteiger partial charge >= 0.3 is 11.9 Å². The normalized spacial score (nSPS) is 13.4. The third-order valence-corrected chi connectivity index (χ3v) is 12.6. The zero-order valence-electron chi connectivity index (χ0n) is 34.4. The lowest BCUT2D eigenvalue weighted by Gasteiger charge is -2.33. The molecule has 0 aliphatic heterocycles. The molecule has 0 spiro atoms. The van der Waals surface area contributed by atoms with Crippen molar-refractivity contribution in [2.24, 2.45) is 23.7 Å². The molecule has 3 rings (SSSR count). The molecule has 310 valence electrons. The second-order valence-corrected chi connectivity index (χ2v) is 19.3. The molecule has 0 N–H and O–H groups in total. The minimum absolute atomic E-state index is 0.00988. The molecule has 0 bridgehead atoms. The van der Waals surface area contributed by atoms with Crippen molar-refractivity contribution in [3.63, 3.8) is 0 Å². The molecular formula is C42H60N2O10S2. The Hall–Kier alpha value is -3.98. The van der Waals surface area contributed by atoms with Gasteiger partial charge in [0.15, 0.2) is 0 Å². The van der Waals surface area contributed by atoms with Gasteiger partial charge in [0.25, 0.3) is 0 Å². The van der Waals surface area contributed by atoms with Crippen LogP contribution in [-0.4, -0.2) is 76.9 Å². The average Bonchev–Trinajstić information content (AvgIpc) is 3.15. The Morgan fingerprint density at radius 2 is 0.839 bits per heavy atom. The van der Waals surface area contributed by atoms with E-state index in [9.17, 15) is 26.4 Å². The molecule has 2 atom stereocenters. The summed E-state index contributed by atoms with van der Waals surface area (Å²) in [6.45, 7) is 14.7. The zero-order valence-corrected chi connectivity index (χ0v) is 36.1. The Morgan fingerprint density at radius 1 is 0.518 bits per heavy atom. The van der Waals surface area contributed by atoms with Crippen LogP contribution in [0.25, 0.3) is 0 Å². The number of esters is 2.